The number of anilines is 1. The number of carbonyl (C=O) groups is 1. The molecule has 0 atom stereocenters. The first kappa shape index (κ1) is 23.7. The van der Waals surface area contributed by atoms with Gasteiger partial charge in [-0.3, -0.25) is 4.79 Å². The standard InChI is InChI=1S/C28H34N4O2/c1-5-25-24(19-21-11-13-23(34-4)14-12-21)27(30-26(29-25)22-9-7-6-8-10-22)31-15-17-32(18-16-31)28(33)20(2)3/h6-14,20H,5,15-19H2,1-4H3. The molecule has 1 aliphatic rings. The third-order valence-corrected chi connectivity index (χ3v) is 6.36. The number of carbonyl (C=O) groups excluding carboxylic acids is 1. The molecule has 0 saturated carbocycles. The molecule has 1 amide bonds. The quantitative estimate of drug-likeness (QED) is 0.518. The number of methoxy groups -OCH3 is 1. The van der Waals surface area contributed by atoms with E-state index in [1.807, 2.05) is 49.1 Å². The van der Waals surface area contributed by atoms with E-state index in [1.54, 1.807) is 7.11 Å². The number of aromatic nitrogens is 2. The van der Waals surface area contributed by atoms with Gasteiger partial charge in [-0.25, -0.2) is 9.97 Å². The zero-order chi connectivity index (χ0) is 24.1. The molecule has 0 N–H and O–H groups in total. The molecular formula is C28H34N4O2. The number of hydrogen-bond donors (Lipinski definition) is 0. The predicted molar refractivity (Wildman–Crippen MR) is 136 cm³/mol. The lowest BCUT2D eigenvalue weighted by atomic mass is 10.0. The van der Waals surface area contributed by atoms with Crippen LogP contribution in [0.5, 0.6) is 5.75 Å². The second-order valence-corrected chi connectivity index (χ2v) is 9.01. The third-order valence-electron chi connectivity index (χ3n) is 6.36. The smallest absolute Gasteiger partial charge is 0.225 e. The van der Waals surface area contributed by atoms with Crippen molar-refractivity contribution in [2.24, 2.45) is 5.92 Å². The monoisotopic (exact) mass is 458 g/mol. The molecule has 6 nitrogen and oxygen atoms in total. The second kappa shape index (κ2) is 10.7. The van der Waals surface area contributed by atoms with Crippen molar-refractivity contribution in [2.75, 3.05) is 38.2 Å². The largest absolute Gasteiger partial charge is 0.497 e. The predicted octanol–water partition coefficient (Wildman–Crippen LogP) is 4.61. The summed E-state index contributed by atoms with van der Waals surface area (Å²) in [4.78, 5) is 26.9. The number of benzene rings is 2. The van der Waals surface area contributed by atoms with Gasteiger partial charge in [0.05, 0.1) is 7.11 Å². The number of rotatable bonds is 7. The van der Waals surface area contributed by atoms with Crippen LogP contribution in [-0.4, -0.2) is 54.1 Å². The first-order chi connectivity index (χ1) is 16.5. The van der Waals surface area contributed by atoms with Crippen molar-refractivity contribution >= 4 is 11.7 Å². The molecule has 1 aromatic heterocycles. The van der Waals surface area contributed by atoms with Gasteiger partial charge < -0.3 is 14.5 Å². The average Bonchev–Trinajstić information content (AvgIpc) is 2.89. The molecule has 1 aliphatic heterocycles. The molecule has 0 radical (unpaired) electrons. The Morgan fingerprint density at radius 1 is 0.971 bits per heavy atom. The fraction of sp³-hybridized carbons (Fsp3) is 0.393. The molecule has 3 aromatic rings. The number of piperazine rings is 1. The van der Waals surface area contributed by atoms with Crippen molar-refractivity contribution in [3.63, 3.8) is 0 Å². The molecule has 0 spiro atoms. The van der Waals surface area contributed by atoms with Crippen LogP contribution in [0.25, 0.3) is 11.4 Å². The Hall–Kier alpha value is -3.41. The van der Waals surface area contributed by atoms with Crippen LogP contribution in [0.2, 0.25) is 0 Å². The maximum Gasteiger partial charge on any atom is 0.225 e. The molecule has 2 heterocycles. The number of hydrogen-bond acceptors (Lipinski definition) is 5. The van der Waals surface area contributed by atoms with E-state index in [-0.39, 0.29) is 11.8 Å². The Labute approximate surface area is 202 Å². The summed E-state index contributed by atoms with van der Waals surface area (Å²) >= 11 is 0. The molecular weight excluding hydrogens is 424 g/mol. The molecule has 0 aliphatic carbocycles. The van der Waals surface area contributed by atoms with Gasteiger partial charge in [-0.2, -0.15) is 0 Å². The maximum absolute atomic E-state index is 12.5. The van der Waals surface area contributed by atoms with Crippen molar-refractivity contribution in [3.8, 4) is 17.1 Å². The first-order valence-electron chi connectivity index (χ1n) is 12.1. The normalized spacial score (nSPS) is 13.9. The Kier molecular flexibility index (Phi) is 7.46. The van der Waals surface area contributed by atoms with Gasteiger partial charge in [-0.1, -0.05) is 63.2 Å². The molecule has 0 bridgehead atoms. The number of nitrogens with zero attached hydrogens (tertiary/aromatic N) is 4. The highest BCUT2D eigenvalue weighted by Gasteiger charge is 2.26. The second-order valence-electron chi connectivity index (χ2n) is 9.01. The van der Waals surface area contributed by atoms with Crippen molar-refractivity contribution in [1.29, 1.82) is 0 Å². The highest BCUT2D eigenvalue weighted by Crippen LogP contribution is 2.29. The molecule has 4 rings (SSSR count). The molecule has 6 heteroatoms. The van der Waals surface area contributed by atoms with E-state index in [0.29, 0.717) is 13.1 Å². The molecule has 1 fully saturated rings. The van der Waals surface area contributed by atoms with Crippen LogP contribution >= 0.6 is 0 Å². The first-order valence-corrected chi connectivity index (χ1v) is 12.1. The van der Waals surface area contributed by atoms with Gasteiger partial charge in [0, 0.05) is 55.3 Å². The van der Waals surface area contributed by atoms with Gasteiger partial charge in [-0.05, 0) is 24.1 Å². The lowest BCUT2D eigenvalue weighted by Crippen LogP contribution is -2.50. The third kappa shape index (κ3) is 5.22. The van der Waals surface area contributed by atoms with Gasteiger partial charge >= 0.3 is 0 Å². The Morgan fingerprint density at radius 2 is 1.65 bits per heavy atom. The molecule has 0 unspecified atom stereocenters. The Morgan fingerprint density at radius 3 is 2.24 bits per heavy atom. The van der Waals surface area contributed by atoms with Crippen molar-refractivity contribution in [1.82, 2.24) is 14.9 Å². The Balaban J connectivity index is 1.71. The van der Waals surface area contributed by atoms with Crippen LogP contribution in [0.15, 0.2) is 54.6 Å². The summed E-state index contributed by atoms with van der Waals surface area (Å²) < 4.78 is 5.33. The molecule has 2 aromatic carbocycles. The van der Waals surface area contributed by atoms with Gasteiger partial charge in [-0.15, -0.1) is 0 Å². The average molecular weight is 459 g/mol. The van der Waals surface area contributed by atoms with Gasteiger partial charge in [0.25, 0.3) is 0 Å². The lowest BCUT2D eigenvalue weighted by Gasteiger charge is -2.37. The topological polar surface area (TPSA) is 58.6 Å². The van der Waals surface area contributed by atoms with Crippen molar-refractivity contribution in [3.05, 3.63) is 71.4 Å². The summed E-state index contributed by atoms with van der Waals surface area (Å²) in [6, 6.07) is 18.4. The molecule has 34 heavy (non-hydrogen) atoms. The maximum atomic E-state index is 12.5. The zero-order valence-corrected chi connectivity index (χ0v) is 20.6. The number of aryl methyl sites for hydroxylation is 1. The van der Waals surface area contributed by atoms with Crippen LogP contribution in [0.1, 0.15) is 37.6 Å². The summed E-state index contributed by atoms with van der Waals surface area (Å²) in [5.74, 6) is 2.83. The van der Waals surface area contributed by atoms with E-state index in [2.05, 4.69) is 36.1 Å². The highest BCUT2D eigenvalue weighted by molar-refractivity contribution is 5.78. The summed E-state index contributed by atoms with van der Waals surface area (Å²) in [6.07, 6.45) is 1.58. The highest BCUT2D eigenvalue weighted by atomic mass is 16.5. The fourth-order valence-electron chi connectivity index (χ4n) is 4.42. The van der Waals surface area contributed by atoms with Crippen molar-refractivity contribution in [2.45, 2.75) is 33.6 Å². The van der Waals surface area contributed by atoms with E-state index in [1.165, 1.54) is 5.56 Å². The van der Waals surface area contributed by atoms with Crippen molar-refractivity contribution < 1.29 is 9.53 Å². The number of amides is 1. The van der Waals surface area contributed by atoms with Crippen LogP contribution in [0.3, 0.4) is 0 Å². The summed E-state index contributed by atoms with van der Waals surface area (Å²) in [6.45, 7) is 9.04. The minimum atomic E-state index is 0.0209. The zero-order valence-electron chi connectivity index (χ0n) is 20.6. The van der Waals surface area contributed by atoms with E-state index in [9.17, 15) is 4.79 Å². The minimum Gasteiger partial charge on any atom is -0.497 e. The minimum absolute atomic E-state index is 0.0209. The van der Waals surface area contributed by atoms with E-state index < -0.39 is 0 Å². The lowest BCUT2D eigenvalue weighted by molar-refractivity contribution is -0.134. The van der Waals surface area contributed by atoms with Crippen LogP contribution in [0.4, 0.5) is 5.82 Å². The molecule has 1 saturated heterocycles. The van der Waals surface area contributed by atoms with Gasteiger partial charge in [0.15, 0.2) is 5.82 Å². The van der Waals surface area contributed by atoms with Crippen LogP contribution < -0.4 is 9.64 Å². The number of ether oxygens (including phenoxy) is 1. The summed E-state index contributed by atoms with van der Waals surface area (Å²) in [5, 5.41) is 0. The van der Waals surface area contributed by atoms with Crippen LogP contribution in [-0.2, 0) is 17.6 Å². The fourth-order valence-corrected chi connectivity index (χ4v) is 4.42. The van der Waals surface area contributed by atoms with Gasteiger partial charge in [0.1, 0.15) is 11.6 Å². The van der Waals surface area contributed by atoms with E-state index in [4.69, 9.17) is 14.7 Å². The van der Waals surface area contributed by atoms with Crippen LogP contribution in [0, 0.1) is 5.92 Å². The van der Waals surface area contributed by atoms with E-state index in [0.717, 1.165) is 60.1 Å². The Bertz CT molecular complexity index is 1110. The molecule has 178 valence electrons. The summed E-state index contributed by atoms with van der Waals surface area (Å²) in [5.41, 5.74) is 4.45. The SMILES string of the molecule is CCc1nc(-c2ccccc2)nc(N2CCN(C(=O)C(C)C)CC2)c1Cc1ccc(OC)cc1. The van der Waals surface area contributed by atoms with E-state index >= 15 is 0 Å². The van der Waals surface area contributed by atoms with Gasteiger partial charge in [0.2, 0.25) is 5.91 Å². The summed E-state index contributed by atoms with van der Waals surface area (Å²) in [7, 11) is 1.68.